The van der Waals surface area contributed by atoms with Crippen LogP contribution in [-0.2, 0) is 0 Å². The van der Waals surface area contributed by atoms with Gasteiger partial charge in [-0.2, -0.15) is 0 Å². The zero-order valence-electron chi connectivity index (χ0n) is 12.2. The summed E-state index contributed by atoms with van der Waals surface area (Å²) in [5.74, 6) is 0.921. The normalized spacial score (nSPS) is 19.1. The second kappa shape index (κ2) is 8.93. The fraction of sp³-hybridized carbons (Fsp3) is 1.00. The van der Waals surface area contributed by atoms with Gasteiger partial charge in [0.05, 0.1) is 0 Å². The maximum Gasteiger partial charge on any atom is 0.00104 e. The molecule has 0 atom stereocenters. The molecule has 1 aliphatic rings. The molecule has 102 valence electrons. The Kier molecular flexibility index (Phi) is 7.87. The van der Waals surface area contributed by atoms with E-state index in [9.17, 15) is 0 Å². The van der Waals surface area contributed by atoms with Crippen molar-refractivity contribution >= 4 is 0 Å². The highest BCUT2D eigenvalue weighted by Crippen LogP contribution is 2.17. The van der Waals surface area contributed by atoms with Crippen molar-refractivity contribution < 1.29 is 0 Å². The Labute approximate surface area is 108 Å². The monoisotopic (exact) mass is 240 g/mol. The van der Waals surface area contributed by atoms with Gasteiger partial charge in [0, 0.05) is 6.04 Å². The lowest BCUT2D eigenvalue weighted by Crippen LogP contribution is -2.39. The van der Waals surface area contributed by atoms with Gasteiger partial charge < -0.3 is 10.2 Å². The molecule has 1 saturated heterocycles. The molecule has 0 bridgehead atoms. The maximum absolute atomic E-state index is 3.57. The van der Waals surface area contributed by atoms with Crippen molar-refractivity contribution in [2.24, 2.45) is 5.92 Å². The lowest BCUT2D eigenvalue weighted by Gasteiger charge is -2.32. The zero-order valence-corrected chi connectivity index (χ0v) is 12.2. The van der Waals surface area contributed by atoms with E-state index in [2.05, 4.69) is 31.0 Å². The van der Waals surface area contributed by atoms with Crippen molar-refractivity contribution in [1.82, 2.24) is 10.2 Å². The predicted octanol–water partition coefficient (Wildman–Crippen LogP) is 3.28. The molecule has 2 nitrogen and oxygen atoms in total. The van der Waals surface area contributed by atoms with Gasteiger partial charge in [-0.25, -0.2) is 0 Å². The summed E-state index contributed by atoms with van der Waals surface area (Å²) in [4.78, 5) is 2.67. The Bertz CT molecular complexity index is 172. The van der Waals surface area contributed by atoms with Gasteiger partial charge in [-0.1, -0.05) is 40.0 Å². The molecule has 1 rings (SSSR count). The molecule has 1 fully saturated rings. The SMILES string of the molecule is CCCCCCN1CCC(CNC(C)C)CC1. The summed E-state index contributed by atoms with van der Waals surface area (Å²) in [5.41, 5.74) is 0. The summed E-state index contributed by atoms with van der Waals surface area (Å²) in [6, 6.07) is 0.641. The standard InChI is InChI=1S/C15H32N2/c1-4-5-6-7-10-17-11-8-15(9-12-17)13-16-14(2)3/h14-16H,4-13H2,1-3H3. The average Bonchev–Trinajstić information content (AvgIpc) is 2.33. The Hall–Kier alpha value is -0.0800. The predicted molar refractivity (Wildman–Crippen MR) is 76.4 cm³/mol. The van der Waals surface area contributed by atoms with E-state index in [0.717, 1.165) is 5.92 Å². The summed E-state index contributed by atoms with van der Waals surface area (Å²) in [5, 5.41) is 3.57. The number of unbranched alkanes of at least 4 members (excludes halogenated alkanes) is 3. The minimum Gasteiger partial charge on any atom is -0.314 e. The van der Waals surface area contributed by atoms with Gasteiger partial charge in [-0.3, -0.25) is 0 Å². The van der Waals surface area contributed by atoms with Crippen LogP contribution in [0.15, 0.2) is 0 Å². The van der Waals surface area contributed by atoms with Crippen LogP contribution in [0.2, 0.25) is 0 Å². The molecule has 1 heterocycles. The van der Waals surface area contributed by atoms with Crippen molar-refractivity contribution in [3.8, 4) is 0 Å². The van der Waals surface area contributed by atoms with E-state index in [0.29, 0.717) is 6.04 Å². The van der Waals surface area contributed by atoms with Gasteiger partial charge in [-0.05, 0) is 51.4 Å². The van der Waals surface area contributed by atoms with Crippen LogP contribution in [0.25, 0.3) is 0 Å². The number of piperidine rings is 1. The summed E-state index contributed by atoms with van der Waals surface area (Å²) in [7, 11) is 0. The first-order valence-electron chi connectivity index (χ1n) is 7.68. The molecule has 0 amide bonds. The topological polar surface area (TPSA) is 15.3 Å². The van der Waals surface area contributed by atoms with E-state index in [4.69, 9.17) is 0 Å². The van der Waals surface area contributed by atoms with Crippen LogP contribution in [0.5, 0.6) is 0 Å². The van der Waals surface area contributed by atoms with Gasteiger partial charge in [0.1, 0.15) is 0 Å². The number of rotatable bonds is 8. The molecule has 1 aliphatic heterocycles. The maximum atomic E-state index is 3.57. The molecule has 2 heteroatoms. The quantitative estimate of drug-likeness (QED) is 0.655. The Morgan fingerprint density at radius 1 is 1.12 bits per heavy atom. The molecule has 0 aromatic rings. The highest BCUT2D eigenvalue weighted by Gasteiger charge is 2.18. The molecule has 0 unspecified atom stereocenters. The first-order valence-corrected chi connectivity index (χ1v) is 7.68. The number of hydrogen-bond donors (Lipinski definition) is 1. The molecule has 0 aromatic carbocycles. The molecule has 0 radical (unpaired) electrons. The van der Waals surface area contributed by atoms with Crippen molar-refractivity contribution in [1.29, 1.82) is 0 Å². The smallest absolute Gasteiger partial charge is 0.00104 e. The lowest BCUT2D eigenvalue weighted by molar-refractivity contribution is 0.178. The first-order chi connectivity index (χ1) is 8.22. The summed E-state index contributed by atoms with van der Waals surface area (Å²) < 4.78 is 0. The Morgan fingerprint density at radius 2 is 1.82 bits per heavy atom. The molecule has 0 saturated carbocycles. The van der Waals surface area contributed by atoms with E-state index in [1.165, 1.54) is 64.7 Å². The molecule has 1 N–H and O–H groups in total. The van der Waals surface area contributed by atoms with E-state index in [1.54, 1.807) is 0 Å². The number of nitrogens with one attached hydrogen (secondary N) is 1. The molecule has 17 heavy (non-hydrogen) atoms. The van der Waals surface area contributed by atoms with Crippen molar-refractivity contribution in [3.05, 3.63) is 0 Å². The van der Waals surface area contributed by atoms with E-state index < -0.39 is 0 Å². The van der Waals surface area contributed by atoms with Crippen molar-refractivity contribution in [2.45, 2.75) is 65.3 Å². The van der Waals surface area contributed by atoms with Crippen LogP contribution < -0.4 is 5.32 Å². The van der Waals surface area contributed by atoms with Gasteiger partial charge in [0.25, 0.3) is 0 Å². The van der Waals surface area contributed by atoms with Crippen LogP contribution in [0.3, 0.4) is 0 Å². The largest absolute Gasteiger partial charge is 0.314 e. The van der Waals surface area contributed by atoms with Gasteiger partial charge >= 0.3 is 0 Å². The van der Waals surface area contributed by atoms with Crippen LogP contribution >= 0.6 is 0 Å². The fourth-order valence-electron chi connectivity index (χ4n) is 2.58. The van der Waals surface area contributed by atoms with Crippen molar-refractivity contribution in [3.63, 3.8) is 0 Å². The van der Waals surface area contributed by atoms with E-state index in [1.807, 2.05) is 0 Å². The van der Waals surface area contributed by atoms with E-state index in [-0.39, 0.29) is 0 Å². The van der Waals surface area contributed by atoms with Gasteiger partial charge in [0.2, 0.25) is 0 Å². The second-order valence-corrected chi connectivity index (χ2v) is 5.91. The number of likely N-dealkylation sites (tertiary alicyclic amines) is 1. The molecular formula is C15H32N2. The summed E-state index contributed by atoms with van der Waals surface area (Å²) in [6.45, 7) is 12.0. The minimum atomic E-state index is 0.641. The first kappa shape index (κ1) is 15.0. The Morgan fingerprint density at radius 3 is 2.41 bits per heavy atom. The summed E-state index contributed by atoms with van der Waals surface area (Å²) >= 11 is 0. The van der Waals surface area contributed by atoms with Crippen LogP contribution in [-0.4, -0.2) is 37.1 Å². The number of hydrogen-bond acceptors (Lipinski definition) is 2. The Balaban J connectivity index is 2.01. The van der Waals surface area contributed by atoms with E-state index >= 15 is 0 Å². The van der Waals surface area contributed by atoms with Gasteiger partial charge in [-0.15, -0.1) is 0 Å². The van der Waals surface area contributed by atoms with Crippen LogP contribution in [0.4, 0.5) is 0 Å². The third-order valence-corrected chi connectivity index (χ3v) is 3.85. The fourth-order valence-corrected chi connectivity index (χ4v) is 2.58. The lowest BCUT2D eigenvalue weighted by atomic mass is 9.96. The molecule has 0 spiro atoms. The van der Waals surface area contributed by atoms with Crippen LogP contribution in [0.1, 0.15) is 59.3 Å². The van der Waals surface area contributed by atoms with Crippen molar-refractivity contribution in [2.75, 3.05) is 26.2 Å². The highest BCUT2D eigenvalue weighted by atomic mass is 15.1. The third-order valence-electron chi connectivity index (χ3n) is 3.85. The molecule has 0 aliphatic carbocycles. The van der Waals surface area contributed by atoms with Crippen LogP contribution in [0, 0.1) is 5.92 Å². The zero-order chi connectivity index (χ0) is 12.5. The third kappa shape index (κ3) is 7.05. The number of nitrogens with zero attached hydrogens (tertiary/aromatic N) is 1. The molecular weight excluding hydrogens is 208 g/mol. The summed E-state index contributed by atoms with van der Waals surface area (Å²) in [6.07, 6.45) is 8.38. The average molecular weight is 240 g/mol. The van der Waals surface area contributed by atoms with Gasteiger partial charge in [0.15, 0.2) is 0 Å². The second-order valence-electron chi connectivity index (χ2n) is 5.91. The minimum absolute atomic E-state index is 0.641. The molecule has 0 aromatic heterocycles. The highest BCUT2D eigenvalue weighted by molar-refractivity contribution is 4.74.